The highest BCUT2D eigenvalue weighted by Crippen LogP contribution is 2.32. The van der Waals surface area contributed by atoms with E-state index in [2.05, 4.69) is 6.58 Å². The number of ether oxygens (including phenoxy) is 1. The molecule has 0 aromatic heterocycles. The molecule has 1 rings (SSSR count). The topological polar surface area (TPSA) is 62.2 Å². The van der Waals surface area contributed by atoms with Gasteiger partial charge in [-0.3, -0.25) is 4.79 Å². The van der Waals surface area contributed by atoms with E-state index >= 15 is 0 Å². The minimum atomic E-state index is -4.88. The fourth-order valence-corrected chi connectivity index (χ4v) is 1.88. The number of amides is 1. The van der Waals surface area contributed by atoms with Crippen molar-refractivity contribution in [3.63, 3.8) is 0 Å². The highest BCUT2D eigenvalue weighted by Gasteiger charge is 2.35. The summed E-state index contributed by atoms with van der Waals surface area (Å²) < 4.78 is 57.4. The van der Waals surface area contributed by atoms with Crippen LogP contribution in [-0.2, 0) is 4.79 Å². The molecule has 1 aromatic rings. The minimum absolute atomic E-state index is 0.0224. The van der Waals surface area contributed by atoms with Crippen molar-refractivity contribution in [2.24, 2.45) is 0 Å². The SMILES string of the molecule is C=C(C)COc1cc(NC(=O)/C(C)=C(\C=N)C(F)(F)F)c(F)cc1Cl. The molecule has 0 aliphatic rings. The van der Waals surface area contributed by atoms with Crippen molar-refractivity contribution in [2.45, 2.75) is 20.0 Å². The van der Waals surface area contributed by atoms with Crippen LogP contribution in [0.1, 0.15) is 13.8 Å². The molecule has 136 valence electrons. The molecule has 0 heterocycles. The molecule has 0 unspecified atom stereocenters. The Kier molecular flexibility index (Phi) is 6.75. The first-order valence-electron chi connectivity index (χ1n) is 6.83. The molecule has 0 atom stereocenters. The highest BCUT2D eigenvalue weighted by molar-refractivity contribution is 6.32. The number of rotatable bonds is 6. The molecule has 0 saturated heterocycles. The van der Waals surface area contributed by atoms with Crippen LogP contribution in [0.3, 0.4) is 0 Å². The lowest BCUT2D eigenvalue weighted by molar-refractivity contribution is -0.114. The van der Waals surface area contributed by atoms with Crippen molar-refractivity contribution in [1.82, 2.24) is 0 Å². The van der Waals surface area contributed by atoms with Gasteiger partial charge in [-0.2, -0.15) is 13.2 Å². The summed E-state index contributed by atoms with van der Waals surface area (Å²) in [5, 5.41) is 8.76. The van der Waals surface area contributed by atoms with Crippen molar-refractivity contribution in [1.29, 1.82) is 5.41 Å². The van der Waals surface area contributed by atoms with E-state index < -0.39 is 34.7 Å². The average Bonchev–Trinajstić information content (AvgIpc) is 2.47. The third-order valence-electron chi connectivity index (χ3n) is 2.94. The van der Waals surface area contributed by atoms with Gasteiger partial charge in [-0.05, 0) is 25.5 Å². The molecule has 0 aliphatic heterocycles. The number of anilines is 1. The third-order valence-corrected chi connectivity index (χ3v) is 3.23. The first-order valence-corrected chi connectivity index (χ1v) is 7.21. The number of benzene rings is 1. The van der Waals surface area contributed by atoms with Gasteiger partial charge < -0.3 is 15.5 Å². The average molecular weight is 379 g/mol. The van der Waals surface area contributed by atoms with Crippen LogP contribution in [0.5, 0.6) is 5.75 Å². The summed E-state index contributed by atoms with van der Waals surface area (Å²) in [6.07, 6.45) is -4.86. The largest absolute Gasteiger partial charge is 0.488 e. The molecule has 0 fully saturated rings. The quantitative estimate of drug-likeness (QED) is 0.320. The number of nitrogens with one attached hydrogen (secondary N) is 2. The molecular weight excluding hydrogens is 364 g/mol. The Hall–Kier alpha value is -2.35. The second-order valence-electron chi connectivity index (χ2n) is 5.14. The van der Waals surface area contributed by atoms with Gasteiger partial charge in [0, 0.05) is 17.9 Å². The van der Waals surface area contributed by atoms with E-state index in [1.807, 2.05) is 5.32 Å². The molecule has 25 heavy (non-hydrogen) atoms. The first-order chi connectivity index (χ1) is 11.5. The van der Waals surface area contributed by atoms with Crippen molar-refractivity contribution in [3.8, 4) is 5.75 Å². The van der Waals surface area contributed by atoms with Gasteiger partial charge in [0.2, 0.25) is 0 Å². The molecule has 0 aliphatic carbocycles. The zero-order valence-corrected chi connectivity index (χ0v) is 14.1. The van der Waals surface area contributed by atoms with Crippen molar-refractivity contribution in [2.75, 3.05) is 11.9 Å². The van der Waals surface area contributed by atoms with Crippen LogP contribution in [0.15, 0.2) is 35.4 Å². The smallest absolute Gasteiger partial charge is 0.418 e. The van der Waals surface area contributed by atoms with Gasteiger partial charge in [-0.15, -0.1) is 0 Å². The third kappa shape index (κ3) is 5.60. The Morgan fingerprint density at radius 2 is 2.00 bits per heavy atom. The summed E-state index contributed by atoms with van der Waals surface area (Å²) in [6, 6.07) is 1.93. The Bertz CT molecular complexity index is 742. The number of halogens is 5. The molecule has 0 radical (unpaired) electrons. The fourth-order valence-electron chi connectivity index (χ4n) is 1.68. The Morgan fingerprint density at radius 3 is 2.48 bits per heavy atom. The van der Waals surface area contributed by atoms with Gasteiger partial charge in [0.25, 0.3) is 5.91 Å². The lowest BCUT2D eigenvalue weighted by Crippen LogP contribution is -2.22. The molecule has 2 N–H and O–H groups in total. The standard InChI is InChI=1S/C16H15ClF4N2O2/c1-8(2)7-25-14-5-13(12(18)4-11(14)17)23-15(24)9(3)10(6-22)16(19,20)21/h4-6,22H,1,7H2,2-3H3,(H,23,24)/b10-9+,22-6?. The maximum atomic E-state index is 13.9. The summed E-state index contributed by atoms with van der Waals surface area (Å²) >= 11 is 5.82. The van der Waals surface area contributed by atoms with Gasteiger partial charge in [-0.1, -0.05) is 18.2 Å². The van der Waals surface area contributed by atoms with Crippen LogP contribution in [-0.4, -0.2) is 24.9 Å². The van der Waals surface area contributed by atoms with Crippen LogP contribution in [0.4, 0.5) is 23.2 Å². The predicted molar refractivity (Wildman–Crippen MR) is 87.9 cm³/mol. The molecule has 1 amide bonds. The summed E-state index contributed by atoms with van der Waals surface area (Å²) in [4.78, 5) is 11.9. The number of carbonyl (C=O) groups is 1. The van der Waals surface area contributed by atoms with E-state index in [0.29, 0.717) is 5.57 Å². The maximum absolute atomic E-state index is 13.9. The highest BCUT2D eigenvalue weighted by atomic mass is 35.5. The molecule has 1 aromatic carbocycles. The number of carbonyl (C=O) groups excluding carboxylic acids is 1. The second kappa shape index (κ2) is 8.15. The van der Waals surface area contributed by atoms with Gasteiger partial charge >= 0.3 is 6.18 Å². The van der Waals surface area contributed by atoms with E-state index in [-0.39, 0.29) is 23.6 Å². The number of hydrogen-bond acceptors (Lipinski definition) is 3. The summed E-state index contributed by atoms with van der Waals surface area (Å²) in [5.41, 5.74) is -1.96. The fraction of sp³-hybridized carbons (Fsp3) is 0.250. The van der Waals surface area contributed by atoms with E-state index in [0.717, 1.165) is 19.1 Å². The van der Waals surface area contributed by atoms with Gasteiger partial charge in [-0.25, -0.2) is 4.39 Å². The molecular formula is C16H15ClF4N2O2. The Balaban J connectivity index is 3.15. The molecule has 9 heteroatoms. The predicted octanol–water partition coefficient (Wildman–Crippen LogP) is 4.90. The van der Waals surface area contributed by atoms with Gasteiger partial charge in [0.1, 0.15) is 18.2 Å². The van der Waals surface area contributed by atoms with Crippen molar-refractivity contribution in [3.05, 3.63) is 46.3 Å². The van der Waals surface area contributed by atoms with Crippen LogP contribution in [0, 0.1) is 11.2 Å². The van der Waals surface area contributed by atoms with Gasteiger partial charge in [0.15, 0.2) is 0 Å². The zero-order valence-electron chi connectivity index (χ0n) is 13.4. The number of allylic oxidation sites excluding steroid dienone is 1. The molecule has 0 spiro atoms. The summed E-state index contributed by atoms with van der Waals surface area (Å²) in [5.74, 6) is -2.12. The van der Waals surface area contributed by atoms with Crippen LogP contribution in [0.2, 0.25) is 5.02 Å². The molecule has 4 nitrogen and oxygen atoms in total. The molecule has 0 bridgehead atoms. The van der Waals surface area contributed by atoms with Crippen molar-refractivity contribution < 1.29 is 27.1 Å². The van der Waals surface area contributed by atoms with E-state index in [4.69, 9.17) is 21.7 Å². The number of hydrogen-bond donors (Lipinski definition) is 2. The lowest BCUT2D eigenvalue weighted by Gasteiger charge is -2.14. The molecule has 0 saturated carbocycles. The Morgan fingerprint density at radius 1 is 1.40 bits per heavy atom. The minimum Gasteiger partial charge on any atom is -0.488 e. The van der Waals surface area contributed by atoms with Crippen LogP contribution < -0.4 is 10.1 Å². The van der Waals surface area contributed by atoms with E-state index in [9.17, 15) is 22.4 Å². The normalized spacial score (nSPS) is 12.3. The monoisotopic (exact) mass is 378 g/mol. The van der Waals surface area contributed by atoms with Gasteiger partial charge in [0.05, 0.1) is 16.3 Å². The first kappa shape index (κ1) is 20.7. The van der Waals surface area contributed by atoms with Crippen molar-refractivity contribution >= 4 is 29.4 Å². The lowest BCUT2D eigenvalue weighted by atomic mass is 10.1. The summed E-state index contributed by atoms with van der Waals surface area (Å²) in [6.45, 7) is 6.27. The zero-order chi connectivity index (χ0) is 19.4. The van der Waals surface area contributed by atoms with E-state index in [1.54, 1.807) is 6.92 Å². The van der Waals surface area contributed by atoms with Crippen LogP contribution in [0.25, 0.3) is 0 Å². The Labute approximate surface area is 146 Å². The second-order valence-corrected chi connectivity index (χ2v) is 5.55. The number of alkyl halides is 3. The van der Waals surface area contributed by atoms with Crippen LogP contribution >= 0.6 is 11.6 Å². The summed E-state index contributed by atoms with van der Waals surface area (Å²) in [7, 11) is 0. The maximum Gasteiger partial charge on any atom is 0.418 e. The van der Waals surface area contributed by atoms with E-state index in [1.165, 1.54) is 0 Å².